The number of rotatable bonds is 6. The fraction of sp³-hybridized carbons (Fsp3) is 0.227. The van der Waals surface area contributed by atoms with Crippen LogP contribution in [0.1, 0.15) is 28.8 Å². The van der Waals surface area contributed by atoms with Crippen molar-refractivity contribution in [3.8, 4) is 0 Å². The van der Waals surface area contributed by atoms with Gasteiger partial charge in [0.05, 0.1) is 21.9 Å². The van der Waals surface area contributed by atoms with E-state index >= 15 is 0 Å². The molecule has 2 N–H and O–H groups in total. The molecule has 0 atom stereocenters. The van der Waals surface area contributed by atoms with Crippen LogP contribution in [0.3, 0.4) is 0 Å². The van der Waals surface area contributed by atoms with Crippen molar-refractivity contribution in [3.63, 3.8) is 0 Å². The second-order valence-electron chi connectivity index (χ2n) is 6.92. The number of carbonyl (C=O) groups excluding carboxylic acids is 2. The van der Waals surface area contributed by atoms with Crippen LogP contribution in [0, 0.1) is 6.92 Å². The van der Waals surface area contributed by atoms with Crippen molar-refractivity contribution < 1.29 is 9.59 Å². The number of hydrogen-bond donors (Lipinski definition) is 2. The van der Waals surface area contributed by atoms with Gasteiger partial charge < -0.3 is 10.6 Å². The van der Waals surface area contributed by atoms with Crippen molar-refractivity contribution in [2.75, 3.05) is 11.1 Å². The lowest BCUT2D eigenvalue weighted by atomic mass is 10.1. The smallest absolute Gasteiger partial charge is 0.252 e. The number of thioether (sulfide) groups is 1. The maximum Gasteiger partial charge on any atom is 0.252 e. The molecule has 28 heavy (non-hydrogen) atoms. The molecule has 1 aromatic heterocycles. The third kappa shape index (κ3) is 4.34. The van der Waals surface area contributed by atoms with Crippen LogP contribution < -0.4 is 10.6 Å². The number of carbonyl (C=O) groups is 2. The lowest BCUT2D eigenvalue weighted by Crippen LogP contribution is -2.25. The van der Waals surface area contributed by atoms with Crippen molar-refractivity contribution >= 4 is 40.2 Å². The SMILES string of the molecule is Cc1ccccc1NC(=O)CSc1cc(C(=O)NC2CC2)c2ccccc2n1. The Morgan fingerprint density at radius 2 is 1.86 bits per heavy atom. The van der Waals surface area contributed by atoms with E-state index in [1.807, 2.05) is 55.5 Å². The first kappa shape index (κ1) is 18.5. The summed E-state index contributed by atoms with van der Waals surface area (Å²) in [5.41, 5.74) is 3.19. The summed E-state index contributed by atoms with van der Waals surface area (Å²) in [6.07, 6.45) is 2.07. The molecule has 1 saturated carbocycles. The molecule has 1 heterocycles. The summed E-state index contributed by atoms with van der Waals surface area (Å²) >= 11 is 1.33. The molecule has 0 unspecified atom stereocenters. The highest BCUT2D eigenvalue weighted by molar-refractivity contribution is 7.99. The van der Waals surface area contributed by atoms with Crippen LogP contribution in [0.25, 0.3) is 10.9 Å². The number of benzene rings is 2. The normalized spacial score (nSPS) is 13.3. The molecule has 0 bridgehead atoms. The van der Waals surface area contributed by atoms with Crippen molar-refractivity contribution in [2.24, 2.45) is 0 Å². The summed E-state index contributed by atoms with van der Waals surface area (Å²) in [5, 5.41) is 7.45. The lowest BCUT2D eigenvalue weighted by molar-refractivity contribution is -0.113. The minimum absolute atomic E-state index is 0.0766. The monoisotopic (exact) mass is 391 g/mol. The van der Waals surface area contributed by atoms with Gasteiger partial charge in [-0.25, -0.2) is 4.98 Å². The molecular weight excluding hydrogens is 370 g/mol. The average Bonchev–Trinajstić information content (AvgIpc) is 3.51. The molecule has 0 saturated heterocycles. The largest absolute Gasteiger partial charge is 0.349 e. The molecule has 3 aromatic rings. The molecule has 2 aromatic carbocycles. The van der Waals surface area contributed by atoms with E-state index in [9.17, 15) is 9.59 Å². The van der Waals surface area contributed by atoms with E-state index in [4.69, 9.17) is 0 Å². The summed E-state index contributed by atoms with van der Waals surface area (Å²) in [4.78, 5) is 29.6. The van der Waals surface area contributed by atoms with Crippen molar-refractivity contribution in [1.29, 1.82) is 0 Å². The summed E-state index contributed by atoms with van der Waals surface area (Å²) in [7, 11) is 0. The fourth-order valence-electron chi connectivity index (χ4n) is 2.94. The molecule has 0 aliphatic heterocycles. The Labute approximate surface area is 167 Å². The van der Waals surface area contributed by atoms with Crippen LogP contribution in [0.2, 0.25) is 0 Å². The average molecular weight is 391 g/mol. The van der Waals surface area contributed by atoms with E-state index in [0.29, 0.717) is 10.6 Å². The molecule has 4 rings (SSSR count). The van der Waals surface area contributed by atoms with Crippen LogP contribution in [0.15, 0.2) is 59.6 Å². The highest BCUT2D eigenvalue weighted by atomic mass is 32.2. The number of amides is 2. The number of aromatic nitrogens is 1. The van der Waals surface area contributed by atoms with E-state index < -0.39 is 0 Å². The Hall–Kier alpha value is -2.86. The zero-order valence-electron chi connectivity index (χ0n) is 15.6. The minimum atomic E-state index is -0.0989. The number of para-hydroxylation sites is 2. The van der Waals surface area contributed by atoms with Crippen LogP contribution in [0.5, 0.6) is 0 Å². The molecule has 5 nitrogen and oxygen atoms in total. The van der Waals surface area contributed by atoms with Gasteiger partial charge in [0.15, 0.2) is 0 Å². The fourth-order valence-corrected chi connectivity index (χ4v) is 3.66. The van der Waals surface area contributed by atoms with Gasteiger partial charge in [-0.2, -0.15) is 0 Å². The third-order valence-electron chi connectivity index (χ3n) is 4.62. The van der Waals surface area contributed by atoms with Gasteiger partial charge in [-0.3, -0.25) is 9.59 Å². The van der Waals surface area contributed by atoms with E-state index in [1.165, 1.54) is 11.8 Å². The van der Waals surface area contributed by atoms with Gasteiger partial charge in [-0.1, -0.05) is 48.2 Å². The summed E-state index contributed by atoms with van der Waals surface area (Å²) in [5.74, 6) is 0.0501. The molecule has 2 amide bonds. The highest BCUT2D eigenvalue weighted by Gasteiger charge is 2.25. The zero-order valence-corrected chi connectivity index (χ0v) is 16.4. The lowest BCUT2D eigenvalue weighted by Gasteiger charge is -2.10. The number of hydrogen-bond acceptors (Lipinski definition) is 4. The number of nitrogens with one attached hydrogen (secondary N) is 2. The topological polar surface area (TPSA) is 71.1 Å². The molecule has 1 aliphatic rings. The molecule has 0 spiro atoms. The van der Waals surface area contributed by atoms with Crippen LogP contribution in [-0.2, 0) is 4.79 Å². The van der Waals surface area contributed by atoms with Gasteiger partial charge >= 0.3 is 0 Å². The van der Waals surface area contributed by atoms with Crippen molar-refractivity contribution in [3.05, 3.63) is 65.7 Å². The molecular formula is C22H21N3O2S. The molecule has 6 heteroatoms. The second-order valence-corrected chi connectivity index (χ2v) is 7.92. The van der Waals surface area contributed by atoms with Gasteiger partial charge in [0, 0.05) is 17.1 Å². The number of anilines is 1. The van der Waals surface area contributed by atoms with E-state index in [-0.39, 0.29) is 23.6 Å². The van der Waals surface area contributed by atoms with Gasteiger partial charge in [-0.05, 0) is 43.5 Å². The quantitative estimate of drug-likeness (QED) is 0.619. The number of nitrogens with zero attached hydrogens (tertiary/aromatic N) is 1. The van der Waals surface area contributed by atoms with Gasteiger partial charge in [0.2, 0.25) is 5.91 Å². The van der Waals surface area contributed by atoms with Crippen molar-refractivity contribution in [1.82, 2.24) is 10.3 Å². The number of pyridine rings is 1. The van der Waals surface area contributed by atoms with Crippen LogP contribution in [0.4, 0.5) is 5.69 Å². The predicted octanol–water partition coefficient (Wildman–Crippen LogP) is 4.17. The summed E-state index contributed by atoms with van der Waals surface area (Å²) < 4.78 is 0. The first-order valence-corrected chi connectivity index (χ1v) is 10.3. The predicted molar refractivity (Wildman–Crippen MR) is 113 cm³/mol. The summed E-state index contributed by atoms with van der Waals surface area (Å²) in [6, 6.07) is 17.3. The first-order chi connectivity index (χ1) is 13.6. The number of fused-ring (bicyclic) bond motifs is 1. The molecule has 1 aliphatic carbocycles. The van der Waals surface area contributed by atoms with Crippen LogP contribution in [-0.4, -0.2) is 28.6 Å². The Bertz CT molecular complexity index is 1050. The molecule has 0 radical (unpaired) electrons. The summed E-state index contributed by atoms with van der Waals surface area (Å²) in [6.45, 7) is 1.96. The Morgan fingerprint density at radius 3 is 2.64 bits per heavy atom. The Kier molecular flexibility index (Phi) is 5.30. The second kappa shape index (κ2) is 8.02. The number of aryl methyl sites for hydroxylation is 1. The van der Waals surface area contributed by atoms with E-state index in [1.54, 1.807) is 6.07 Å². The van der Waals surface area contributed by atoms with Crippen LogP contribution >= 0.6 is 11.8 Å². The Morgan fingerprint density at radius 1 is 1.11 bits per heavy atom. The van der Waals surface area contributed by atoms with Gasteiger partial charge in [0.1, 0.15) is 0 Å². The maximum atomic E-state index is 12.7. The third-order valence-corrected chi connectivity index (χ3v) is 5.53. The van der Waals surface area contributed by atoms with Gasteiger partial charge in [0.25, 0.3) is 5.91 Å². The standard InChI is InChI=1S/C22H21N3O2S/c1-14-6-2-4-8-18(14)24-20(26)13-28-21-12-17(22(27)23-15-10-11-15)16-7-3-5-9-19(16)25-21/h2-9,12,15H,10-11,13H2,1H3,(H,23,27)(H,24,26). The zero-order chi connectivity index (χ0) is 19.5. The minimum Gasteiger partial charge on any atom is -0.349 e. The van der Waals surface area contributed by atoms with Crippen molar-refractivity contribution in [2.45, 2.75) is 30.8 Å². The highest BCUT2D eigenvalue weighted by Crippen LogP contribution is 2.26. The first-order valence-electron chi connectivity index (χ1n) is 9.29. The van der Waals surface area contributed by atoms with E-state index in [2.05, 4.69) is 15.6 Å². The van der Waals surface area contributed by atoms with E-state index in [0.717, 1.165) is 35.0 Å². The van der Waals surface area contributed by atoms with Gasteiger partial charge in [-0.15, -0.1) is 0 Å². The Balaban J connectivity index is 1.51. The molecule has 1 fully saturated rings. The maximum absolute atomic E-state index is 12.7. The molecule has 142 valence electrons.